The third-order valence-corrected chi connectivity index (χ3v) is 7.74. The van der Waals surface area contributed by atoms with Gasteiger partial charge in [0.15, 0.2) is 23.0 Å². The highest BCUT2D eigenvalue weighted by Gasteiger charge is 2.25. The summed E-state index contributed by atoms with van der Waals surface area (Å²) in [5.74, 6) is -4.78. The quantitative estimate of drug-likeness (QED) is 0.137. The first-order chi connectivity index (χ1) is 23.5. The van der Waals surface area contributed by atoms with Crippen molar-refractivity contribution >= 4 is 40.0 Å². The number of halogens is 2. The van der Waals surface area contributed by atoms with Crippen LogP contribution in [-0.2, 0) is 13.2 Å². The Labute approximate surface area is 273 Å². The summed E-state index contributed by atoms with van der Waals surface area (Å²) >= 11 is 0. The fourth-order valence-corrected chi connectivity index (χ4v) is 5.39. The predicted molar refractivity (Wildman–Crippen MR) is 171 cm³/mol. The summed E-state index contributed by atoms with van der Waals surface area (Å²) in [5, 5.41) is 22.8. The minimum atomic E-state index is -1.43. The van der Waals surface area contributed by atoms with Gasteiger partial charge in [-0.2, -0.15) is 9.97 Å². The van der Waals surface area contributed by atoms with Crippen molar-refractivity contribution in [3.63, 3.8) is 0 Å². The molecule has 1 amide bonds. The van der Waals surface area contributed by atoms with Gasteiger partial charge in [0.25, 0.3) is 5.91 Å². The number of nitrogens with one attached hydrogen (secondary N) is 2. The second kappa shape index (κ2) is 12.0. The normalized spacial score (nSPS) is 11.3. The molecule has 3 heterocycles. The molecule has 1 aliphatic carbocycles. The highest BCUT2D eigenvalue weighted by Crippen LogP contribution is 2.43. The molecule has 6 N–H and O–H groups in total. The number of anilines is 1. The van der Waals surface area contributed by atoms with Crippen LogP contribution in [0.15, 0.2) is 82.3 Å². The number of carboxylic acid groups (broad SMARTS) is 1. The zero-order chi connectivity index (χ0) is 34.4. The number of nitrogen functional groups attached to an aromatic ring is 1. The molecule has 0 atom stereocenters. The molecule has 244 valence electrons. The number of aromatic carboxylic acids is 1. The van der Waals surface area contributed by atoms with Crippen LogP contribution in [-0.4, -0.2) is 42.0 Å². The van der Waals surface area contributed by atoms with Crippen molar-refractivity contribution < 1.29 is 37.7 Å². The summed E-state index contributed by atoms with van der Waals surface area (Å²) in [5.41, 5.74) is 6.74. The van der Waals surface area contributed by atoms with Crippen molar-refractivity contribution in [1.82, 2.24) is 25.3 Å². The number of nitrogens with zero attached hydrogens (tertiary/aromatic N) is 3. The molecule has 2 aliphatic rings. The molecule has 5 aromatic rings. The van der Waals surface area contributed by atoms with E-state index in [0.717, 1.165) is 41.5 Å². The number of aromatic hydroxyl groups is 1. The summed E-state index contributed by atoms with van der Waals surface area (Å²) in [6.07, 6.45) is 1.46. The lowest BCUT2D eigenvalue weighted by Crippen LogP contribution is -2.23. The molecule has 0 saturated heterocycles. The van der Waals surface area contributed by atoms with Gasteiger partial charge in [-0.3, -0.25) is 9.59 Å². The van der Waals surface area contributed by atoms with Crippen LogP contribution in [0, 0.1) is 11.6 Å². The number of carbonyl (C=O) groups is 2. The van der Waals surface area contributed by atoms with Crippen molar-refractivity contribution in [3.8, 4) is 34.1 Å². The van der Waals surface area contributed by atoms with Crippen molar-refractivity contribution in [2.45, 2.75) is 13.2 Å². The van der Waals surface area contributed by atoms with Crippen molar-refractivity contribution in [2.75, 3.05) is 5.73 Å². The zero-order valence-corrected chi connectivity index (χ0v) is 25.0. The molecule has 1 aliphatic heterocycles. The molecule has 0 fully saturated rings. The van der Waals surface area contributed by atoms with E-state index in [2.05, 4.69) is 25.3 Å². The Morgan fingerprint density at radius 3 is 2.51 bits per heavy atom. The number of aromatic amines is 1. The lowest BCUT2D eigenvalue weighted by molar-refractivity contribution is 0.0697. The van der Waals surface area contributed by atoms with E-state index in [-0.39, 0.29) is 69.5 Å². The summed E-state index contributed by atoms with van der Waals surface area (Å²) in [6.45, 7) is 0.274. The van der Waals surface area contributed by atoms with Gasteiger partial charge in [-0.25, -0.2) is 18.6 Å². The molecule has 0 bridgehead atoms. The molecule has 0 unspecified atom stereocenters. The molecule has 2 aromatic heterocycles. The molecule has 0 radical (unpaired) electrons. The number of hydrogen-bond acceptors (Lipinski definition) is 10. The third-order valence-electron chi connectivity index (χ3n) is 7.74. The number of nitrogens with two attached hydrogens (primary N) is 1. The number of carboxylic acids is 1. The number of phenols is 1. The Kier molecular flexibility index (Phi) is 7.55. The second-order valence-electron chi connectivity index (χ2n) is 10.9. The molecular formula is C34H22F2N6O7. The number of hydrogen-bond donors (Lipinski definition) is 5. The molecule has 15 heteroatoms. The number of amides is 1. The van der Waals surface area contributed by atoms with Crippen molar-refractivity contribution in [2.24, 2.45) is 0 Å². The lowest BCUT2D eigenvalue weighted by Gasteiger charge is -2.17. The number of imidazole rings is 1. The van der Waals surface area contributed by atoms with Gasteiger partial charge in [-0.15, -0.1) is 0 Å². The number of H-pyrrole nitrogens is 1. The van der Waals surface area contributed by atoms with Gasteiger partial charge in [0, 0.05) is 40.8 Å². The minimum absolute atomic E-state index is 0.00478. The van der Waals surface area contributed by atoms with E-state index >= 15 is 0 Å². The topological polar surface area (TPSA) is 207 Å². The summed E-state index contributed by atoms with van der Waals surface area (Å²) in [6, 6.07) is 14.6. The summed E-state index contributed by atoms with van der Waals surface area (Å²) in [7, 11) is 0. The number of rotatable bonds is 8. The van der Waals surface area contributed by atoms with Crippen molar-refractivity contribution in [3.05, 3.63) is 117 Å². The molecule has 7 rings (SSSR count). The number of fused-ring (bicyclic) bond motifs is 3. The monoisotopic (exact) mass is 664 g/mol. The van der Waals surface area contributed by atoms with Gasteiger partial charge < -0.3 is 35.4 Å². The Hall–Kier alpha value is -6.90. The van der Waals surface area contributed by atoms with Crippen molar-refractivity contribution in [1.29, 1.82) is 0 Å². The van der Waals surface area contributed by atoms with Crippen LogP contribution in [0.5, 0.6) is 11.6 Å². The summed E-state index contributed by atoms with van der Waals surface area (Å²) in [4.78, 5) is 52.7. The smallest absolute Gasteiger partial charge is 0.336 e. The van der Waals surface area contributed by atoms with Gasteiger partial charge >= 0.3 is 5.97 Å². The first kappa shape index (κ1) is 30.7. The average Bonchev–Trinajstić information content (AvgIpc) is 3.55. The van der Waals surface area contributed by atoms with Gasteiger partial charge in [0.1, 0.15) is 23.5 Å². The Balaban J connectivity index is 1.13. The molecular weight excluding hydrogens is 642 g/mol. The molecule has 3 aromatic carbocycles. The summed E-state index contributed by atoms with van der Waals surface area (Å²) < 4.78 is 40.4. The largest absolute Gasteiger partial charge is 0.505 e. The van der Waals surface area contributed by atoms with E-state index in [1.54, 1.807) is 24.3 Å². The van der Waals surface area contributed by atoms with E-state index in [4.69, 9.17) is 14.9 Å². The number of aromatic nitrogens is 4. The SMILES string of the molecule is Nc1nc(OCc2ccc(CNC(=O)c3ccc(-c4c5cc(F)c(=O)cc-5oc5cc(O)c(F)cc45)c(C(=O)O)c3)cc2)c2[nH]cnc2n1. The van der Waals surface area contributed by atoms with Gasteiger partial charge in [0.2, 0.25) is 17.3 Å². The van der Waals surface area contributed by atoms with E-state index < -0.39 is 34.7 Å². The second-order valence-corrected chi connectivity index (χ2v) is 10.9. The Morgan fingerprint density at radius 2 is 1.73 bits per heavy atom. The van der Waals surface area contributed by atoms with E-state index in [0.29, 0.717) is 11.2 Å². The number of benzene rings is 4. The fraction of sp³-hybridized carbons (Fsp3) is 0.0588. The van der Waals surface area contributed by atoms with Gasteiger partial charge in [0.05, 0.1) is 11.9 Å². The van der Waals surface area contributed by atoms with Crippen LogP contribution in [0.1, 0.15) is 31.8 Å². The number of carbonyl (C=O) groups excluding carboxylic acids is 1. The van der Waals surface area contributed by atoms with E-state index in [1.807, 2.05) is 0 Å². The highest BCUT2D eigenvalue weighted by atomic mass is 19.1. The zero-order valence-electron chi connectivity index (χ0n) is 25.0. The predicted octanol–water partition coefficient (Wildman–Crippen LogP) is 5.00. The molecule has 13 nitrogen and oxygen atoms in total. The molecule has 0 spiro atoms. The van der Waals surface area contributed by atoms with Crippen LogP contribution < -0.4 is 21.2 Å². The lowest BCUT2D eigenvalue weighted by atomic mass is 9.89. The van der Waals surface area contributed by atoms with Crippen LogP contribution in [0.3, 0.4) is 0 Å². The van der Waals surface area contributed by atoms with Crippen LogP contribution in [0.2, 0.25) is 0 Å². The average molecular weight is 665 g/mol. The third kappa shape index (κ3) is 5.80. The molecule has 0 saturated carbocycles. The van der Waals surface area contributed by atoms with Crippen LogP contribution in [0.25, 0.3) is 44.6 Å². The Bertz CT molecular complexity index is 2480. The van der Waals surface area contributed by atoms with E-state index in [1.165, 1.54) is 18.5 Å². The van der Waals surface area contributed by atoms with Gasteiger partial charge in [-0.1, -0.05) is 30.3 Å². The maximum Gasteiger partial charge on any atom is 0.336 e. The molecule has 49 heavy (non-hydrogen) atoms. The van der Waals surface area contributed by atoms with Crippen LogP contribution in [0.4, 0.5) is 14.7 Å². The number of ether oxygens (including phenoxy) is 1. The maximum absolute atomic E-state index is 14.5. The first-order valence-electron chi connectivity index (χ1n) is 14.5. The Morgan fingerprint density at radius 1 is 0.959 bits per heavy atom. The van der Waals surface area contributed by atoms with Gasteiger partial charge in [-0.05, 0) is 41.0 Å². The fourth-order valence-electron chi connectivity index (χ4n) is 5.39. The number of phenolic OH excluding ortho intramolecular Hbond substituents is 1. The first-order valence-corrected chi connectivity index (χ1v) is 14.5. The van der Waals surface area contributed by atoms with E-state index in [9.17, 15) is 33.4 Å². The highest BCUT2D eigenvalue weighted by molar-refractivity contribution is 6.09. The van der Waals surface area contributed by atoms with Crippen LogP contribution >= 0.6 is 0 Å². The maximum atomic E-state index is 14.5. The standard InChI is InChI=1S/C34H22F2N6O7/c35-22-8-20-26(10-24(22)43)49-27-11-25(44)23(36)9-21(27)28(20)18-6-5-17(7-19(18)33(46)47)31(45)38-12-15-1-3-16(4-2-15)13-48-32-29-30(40-14-39-29)41-34(37)42-32/h1-11,14,43H,12-13H2,(H,38,45)(H,46,47)(H3,37,39,40,41,42). The minimum Gasteiger partial charge on any atom is -0.505 e.